The number of hydrogen-bond acceptors (Lipinski definition) is 3. The first-order valence-electron chi connectivity index (χ1n) is 4.21. The van der Waals surface area contributed by atoms with Crippen molar-refractivity contribution in [1.29, 1.82) is 0 Å². The van der Waals surface area contributed by atoms with Gasteiger partial charge in [0.2, 0.25) is 0 Å². The van der Waals surface area contributed by atoms with Crippen LogP contribution in [0.4, 0.5) is 0 Å². The van der Waals surface area contributed by atoms with Crippen LogP contribution in [-0.4, -0.2) is 14.5 Å². The van der Waals surface area contributed by atoms with E-state index in [-0.39, 0.29) is 5.69 Å². The normalized spacial score (nSPS) is 10.1. The molecule has 2 heterocycles. The molecule has 4 nitrogen and oxygen atoms in total. The molecule has 0 saturated heterocycles. The van der Waals surface area contributed by atoms with Crippen molar-refractivity contribution < 1.29 is 0 Å². The predicted octanol–water partition coefficient (Wildman–Crippen LogP) is 0.842. The zero-order valence-corrected chi connectivity index (χ0v) is 7.71. The van der Waals surface area contributed by atoms with Crippen molar-refractivity contribution in [2.45, 2.75) is 0 Å². The predicted molar refractivity (Wildman–Crippen MR) is 52.7 cm³/mol. The lowest BCUT2D eigenvalue weighted by Crippen LogP contribution is -2.18. The van der Waals surface area contributed by atoms with E-state index in [1.807, 2.05) is 18.2 Å². The van der Waals surface area contributed by atoms with Crippen LogP contribution in [0.2, 0.25) is 0 Å². The largest absolute Gasteiger partial charge is 0.347 e. The summed E-state index contributed by atoms with van der Waals surface area (Å²) in [6.07, 6.45) is 4.96. The average Bonchev–Trinajstić information content (AvgIpc) is 2.23. The zero-order chi connectivity index (χ0) is 9.97. The summed E-state index contributed by atoms with van der Waals surface area (Å²) in [6, 6.07) is 5.62. The van der Waals surface area contributed by atoms with Crippen LogP contribution in [-0.2, 0) is 7.05 Å². The van der Waals surface area contributed by atoms with Crippen molar-refractivity contribution in [2.75, 3.05) is 0 Å². The third-order valence-electron chi connectivity index (χ3n) is 1.91. The molecule has 0 aliphatic rings. The van der Waals surface area contributed by atoms with E-state index in [0.717, 1.165) is 11.3 Å². The van der Waals surface area contributed by atoms with Gasteiger partial charge in [0.25, 0.3) is 0 Å². The second-order valence-electron chi connectivity index (χ2n) is 2.95. The molecule has 14 heavy (non-hydrogen) atoms. The quantitative estimate of drug-likeness (QED) is 0.664. The Morgan fingerprint density at radius 3 is 2.79 bits per heavy atom. The van der Waals surface area contributed by atoms with Crippen LogP contribution in [0.1, 0.15) is 0 Å². The molecule has 0 unspecified atom stereocenters. The fourth-order valence-electron chi connectivity index (χ4n) is 1.18. The van der Waals surface area contributed by atoms with Gasteiger partial charge in [0.1, 0.15) is 0 Å². The minimum absolute atomic E-state index is 0.260. The van der Waals surface area contributed by atoms with Gasteiger partial charge in [-0.15, -0.1) is 0 Å². The highest BCUT2D eigenvalue weighted by atomic mass is 16.1. The molecule has 0 aliphatic heterocycles. The van der Waals surface area contributed by atoms with Gasteiger partial charge < -0.3 is 4.57 Å². The first-order valence-corrected chi connectivity index (χ1v) is 4.21. The lowest BCUT2D eigenvalue weighted by atomic mass is 10.2. The molecule has 0 amide bonds. The summed E-state index contributed by atoms with van der Waals surface area (Å²) in [5.74, 6) is 0. The molecule has 0 bridgehead atoms. The van der Waals surface area contributed by atoms with Gasteiger partial charge in [-0.1, -0.05) is 6.07 Å². The van der Waals surface area contributed by atoms with Gasteiger partial charge in [-0.3, -0.25) is 4.98 Å². The molecule has 0 atom stereocenters. The van der Waals surface area contributed by atoms with Gasteiger partial charge in [0, 0.05) is 31.2 Å². The molecule has 0 spiro atoms. The maximum absolute atomic E-state index is 11.0. The van der Waals surface area contributed by atoms with E-state index in [1.165, 1.54) is 10.8 Å². The van der Waals surface area contributed by atoms with Crippen LogP contribution in [0.5, 0.6) is 0 Å². The van der Waals surface area contributed by atoms with Gasteiger partial charge in [-0.25, -0.2) is 9.78 Å². The van der Waals surface area contributed by atoms with Crippen molar-refractivity contribution in [1.82, 2.24) is 14.5 Å². The molecule has 2 rings (SSSR count). The minimum Gasteiger partial charge on any atom is -0.302 e. The summed E-state index contributed by atoms with van der Waals surface area (Å²) in [4.78, 5) is 18.9. The van der Waals surface area contributed by atoms with E-state index in [1.54, 1.807) is 19.4 Å². The topological polar surface area (TPSA) is 47.8 Å². The molecule has 0 saturated carbocycles. The van der Waals surface area contributed by atoms with Gasteiger partial charge in [0.05, 0.1) is 5.69 Å². The second kappa shape index (κ2) is 3.41. The van der Waals surface area contributed by atoms with Crippen LogP contribution in [0.25, 0.3) is 11.3 Å². The average molecular weight is 187 g/mol. The van der Waals surface area contributed by atoms with Gasteiger partial charge in [-0.05, 0) is 12.1 Å². The van der Waals surface area contributed by atoms with Crippen molar-refractivity contribution in [3.8, 4) is 11.3 Å². The number of aryl methyl sites for hydroxylation is 1. The number of pyridine rings is 1. The first kappa shape index (κ1) is 8.62. The summed E-state index contributed by atoms with van der Waals surface area (Å²) in [6.45, 7) is 0. The number of rotatable bonds is 1. The fraction of sp³-hybridized carbons (Fsp3) is 0.100. The Morgan fingerprint density at radius 2 is 2.14 bits per heavy atom. The molecular weight excluding hydrogens is 178 g/mol. The zero-order valence-electron chi connectivity index (χ0n) is 7.71. The third-order valence-corrected chi connectivity index (χ3v) is 1.91. The number of hydrogen-bond donors (Lipinski definition) is 0. The Balaban J connectivity index is 2.54. The molecule has 2 aromatic rings. The molecule has 0 fully saturated rings. The summed E-state index contributed by atoms with van der Waals surface area (Å²) in [5, 5.41) is 0. The van der Waals surface area contributed by atoms with Crippen LogP contribution < -0.4 is 5.69 Å². The lowest BCUT2D eigenvalue weighted by molar-refractivity contribution is 0.811. The van der Waals surface area contributed by atoms with Crippen LogP contribution in [0.3, 0.4) is 0 Å². The molecule has 2 aromatic heterocycles. The Hall–Kier alpha value is -1.97. The third kappa shape index (κ3) is 1.54. The van der Waals surface area contributed by atoms with Crippen molar-refractivity contribution >= 4 is 0 Å². The van der Waals surface area contributed by atoms with Crippen LogP contribution in [0.15, 0.2) is 41.6 Å². The highest BCUT2D eigenvalue weighted by molar-refractivity contribution is 5.55. The SMILES string of the molecule is Cn1cc(-c2ccccn2)cnc1=O. The maximum atomic E-state index is 11.0. The minimum atomic E-state index is -0.260. The fourth-order valence-corrected chi connectivity index (χ4v) is 1.18. The molecule has 4 heteroatoms. The van der Waals surface area contributed by atoms with E-state index < -0.39 is 0 Å². The highest BCUT2D eigenvalue weighted by Crippen LogP contribution is 2.11. The Kier molecular flexibility index (Phi) is 2.10. The Labute approximate surface area is 80.9 Å². The molecule has 0 N–H and O–H groups in total. The Bertz CT molecular complexity index is 490. The van der Waals surface area contributed by atoms with E-state index in [4.69, 9.17) is 0 Å². The summed E-state index contributed by atoms with van der Waals surface area (Å²) in [7, 11) is 1.67. The molecular formula is C10H9N3O. The van der Waals surface area contributed by atoms with Gasteiger partial charge in [0.15, 0.2) is 0 Å². The Morgan fingerprint density at radius 1 is 1.29 bits per heavy atom. The van der Waals surface area contributed by atoms with Crippen molar-refractivity contribution in [3.63, 3.8) is 0 Å². The molecule has 70 valence electrons. The maximum Gasteiger partial charge on any atom is 0.347 e. The highest BCUT2D eigenvalue weighted by Gasteiger charge is 1.99. The van der Waals surface area contributed by atoms with Crippen molar-refractivity contribution in [3.05, 3.63) is 47.3 Å². The number of aromatic nitrogens is 3. The second-order valence-corrected chi connectivity index (χ2v) is 2.95. The lowest BCUT2D eigenvalue weighted by Gasteiger charge is -2.00. The molecule has 0 aromatic carbocycles. The van der Waals surface area contributed by atoms with Crippen LogP contribution in [0, 0.1) is 0 Å². The van der Waals surface area contributed by atoms with Gasteiger partial charge in [-0.2, -0.15) is 0 Å². The van der Waals surface area contributed by atoms with E-state index in [9.17, 15) is 4.79 Å². The van der Waals surface area contributed by atoms with Crippen LogP contribution >= 0.6 is 0 Å². The first-order chi connectivity index (χ1) is 6.77. The van der Waals surface area contributed by atoms with Gasteiger partial charge >= 0.3 is 5.69 Å². The van der Waals surface area contributed by atoms with E-state index in [0.29, 0.717) is 0 Å². The summed E-state index contributed by atoms with van der Waals surface area (Å²) >= 11 is 0. The monoisotopic (exact) mass is 187 g/mol. The summed E-state index contributed by atoms with van der Waals surface area (Å²) < 4.78 is 1.43. The smallest absolute Gasteiger partial charge is 0.302 e. The molecule has 0 aliphatic carbocycles. The molecule has 0 radical (unpaired) electrons. The number of nitrogens with zero attached hydrogens (tertiary/aromatic N) is 3. The summed E-state index contributed by atoms with van der Waals surface area (Å²) in [5.41, 5.74) is 1.40. The van der Waals surface area contributed by atoms with Crippen molar-refractivity contribution in [2.24, 2.45) is 7.05 Å². The van der Waals surface area contributed by atoms with E-state index >= 15 is 0 Å². The van der Waals surface area contributed by atoms with E-state index in [2.05, 4.69) is 9.97 Å². The standard InChI is InChI=1S/C10H9N3O/c1-13-7-8(6-12-10(13)14)9-4-2-3-5-11-9/h2-7H,1H3.